The molecule has 0 saturated carbocycles. The number of carboxylic acids is 1. The molecule has 2 rings (SSSR count). The van der Waals surface area contributed by atoms with Crippen molar-refractivity contribution in [2.75, 3.05) is 0 Å². The minimum absolute atomic E-state index is 0.0716. The number of hydrogen-bond donors (Lipinski definition) is 1. The van der Waals surface area contributed by atoms with Crippen molar-refractivity contribution in [3.8, 4) is 11.5 Å². The minimum Gasteiger partial charge on any atom is -0.481 e. The summed E-state index contributed by atoms with van der Waals surface area (Å²) in [4.78, 5) is 15.6. The molecule has 0 fully saturated rings. The highest BCUT2D eigenvalue weighted by Crippen LogP contribution is 2.26. The van der Waals surface area contributed by atoms with Gasteiger partial charge >= 0.3 is 5.97 Å². The average molecular weight is 295 g/mol. The molecule has 0 saturated heterocycles. The largest absolute Gasteiger partial charge is 0.481 e. The van der Waals surface area contributed by atoms with E-state index >= 15 is 0 Å². The Morgan fingerprint density at radius 2 is 2.25 bits per heavy atom. The second-order valence-electron chi connectivity index (χ2n) is 5.86. The van der Waals surface area contributed by atoms with Crippen LogP contribution in [0.2, 0.25) is 0 Å². The van der Waals surface area contributed by atoms with Crippen LogP contribution in [0.15, 0.2) is 10.9 Å². The highest BCUT2D eigenvalue weighted by Gasteiger charge is 2.26. The number of hydrogen-bond acceptors (Lipinski definition) is 6. The fraction of sp³-hybridized carbons (Fsp3) is 0.583. The number of tetrazole rings is 1. The van der Waals surface area contributed by atoms with Crippen molar-refractivity contribution in [1.29, 1.82) is 0 Å². The van der Waals surface area contributed by atoms with E-state index in [-0.39, 0.29) is 12.0 Å². The van der Waals surface area contributed by atoms with E-state index in [1.54, 1.807) is 5.51 Å². The third kappa shape index (κ3) is 3.60. The monoisotopic (exact) mass is 295 g/mol. The summed E-state index contributed by atoms with van der Waals surface area (Å²) in [5.41, 5.74) is 2.29. The van der Waals surface area contributed by atoms with Crippen LogP contribution in [-0.4, -0.2) is 36.3 Å². The van der Waals surface area contributed by atoms with E-state index in [1.165, 1.54) is 16.0 Å². The fourth-order valence-electron chi connectivity index (χ4n) is 2.01. The zero-order valence-corrected chi connectivity index (χ0v) is 12.5. The van der Waals surface area contributed by atoms with Crippen molar-refractivity contribution in [1.82, 2.24) is 25.2 Å². The summed E-state index contributed by atoms with van der Waals surface area (Å²) in [7, 11) is 0. The first-order valence-corrected chi connectivity index (χ1v) is 7.18. The number of carbonyl (C=O) groups is 1. The molecule has 2 aromatic heterocycles. The van der Waals surface area contributed by atoms with Crippen LogP contribution in [0.3, 0.4) is 0 Å². The highest BCUT2D eigenvalue weighted by molar-refractivity contribution is 7.07. The van der Waals surface area contributed by atoms with Gasteiger partial charge in [-0.05, 0) is 22.3 Å². The van der Waals surface area contributed by atoms with Gasteiger partial charge in [0.2, 0.25) is 5.82 Å². The Bertz CT molecular complexity index is 573. The molecular formula is C12H17N5O2S. The average Bonchev–Trinajstić information content (AvgIpc) is 2.94. The smallest absolute Gasteiger partial charge is 0.308 e. The van der Waals surface area contributed by atoms with Crippen LogP contribution in [0.25, 0.3) is 11.5 Å². The van der Waals surface area contributed by atoms with Gasteiger partial charge in [-0.2, -0.15) is 0 Å². The normalized spacial score (nSPS) is 13.3. The first-order chi connectivity index (χ1) is 9.37. The maximum Gasteiger partial charge on any atom is 0.308 e. The molecule has 0 bridgehead atoms. The number of carboxylic acid groups (broad SMARTS) is 1. The molecule has 1 N–H and O–H groups in total. The molecule has 20 heavy (non-hydrogen) atoms. The SMILES string of the molecule is CC(C)(C)CC(Cn1nnnc1-c1cscn1)C(=O)O. The minimum atomic E-state index is -0.834. The van der Waals surface area contributed by atoms with Crippen LogP contribution in [0.5, 0.6) is 0 Å². The molecule has 0 aliphatic carbocycles. The van der Waals surface area contributed by atoms with Crippen LogP contribution < -0.4 is 0 Å². The Morgan fingerprint density at radius 1 is 1.50 bits per heavy atom. The second kappa shape index (κ2) is 5.66. The predicted molar refractivity (Wildman–Crippen MR) is 74.1 cm³/mol. The van der Waals surface area contributed by atoms with Crippen molar-refractivity contribution in [3.05, 3.63) is 10.9 Å². The van der Waals surface area contributed by atoms with Gasteiger partial charge in [0.1, 0.15) is 5.69 Å². The summed E-state index contributed by atoms with van der Waals surface area (Å²) in [6, 6.07) is 0. The van der Waals surface area contributed by atoms with Gasteiger partial charge in [0.25, 0.3) is 0 Å². The summed E-state index contributed by atoms with van der Waals surface area (Å²) in [6.07, 6.45) is 0.554. The van der Waals surface area contributed by atoms with E-state index in [1.807, 2.05) is 26.2 Å². The summed E-state index contributed by atoms with van der Waals surface area (Å²) in [6.45, 7) is 6.30. The van der Waals surface area contributed by atoms with E-state index in [0.29, 0.717) is 17.9 Å². The van der Waals surface area contributed by atoms with Crippen LogP contribution in [0.4, 0.5) is 0 Å². The first-order valence-electron chi connectivity index (χ1n) is 6.24. The predicted octanol–water partition coefficient (Wildman–Crippen LogP) is 1.93. The zero-order chi connectivity index (χ0) is 14.8. The molecule has 0 aromatic carbocycles. The van der Waals surface area contributed by atoms with E-state index < -0.39 is 11.9 Å². The summed E-state index contributed by atoms with van der Waals surface area (Å²) in [5.74, 6) is -0.859. The van der Waals surface area contributed by atoms with E-state index in [2.05, 4.69) is 20.5 Å². The maximum atomic E-state index is 11.4. The Balaban J connectivity index is 2.20. The van der Waals surface area contributed by atoms with Crippen molar-refractivity contribution >= 4 is 17.3 Å². The second-order valence-corrected chi connectivity index (χ2v) is 6.58. The Morgan fingerprint density at radius 3 is 2.80 bits per heavy atom. The third-order valence-corrected chi connectivity index (χ3v) is 3.38. The molecule has 0 radical (unpaired) electrons. The lowest BCUT2D eigenvalue weighted by atomic mass is 9.84. The van der Waals surface area contributed by atoms with Crippen molar-refractivity contribution < 1.29 is 9.90 Å². The zero-order valence-electron chi connectivity index (χ0n) is 11.6. The van der Waals surface area contributed by atoms with Crippen LogP contribution in [0.1, 0.15) is 27.2 Å². The van der Waals surface area contributed by atoms with E-state index in [4.69, 9.17) is 0 Å². The standard InChI is InChI=1S/C12H17N5O2S/c1-12(2,3)4-8(11(18)19)5-17-10(14-15-16-17)9-6-20-7-13-9/h6-8H,4-5H2,1-3H3,(H,18,19). The van der Waals surface area contributed by atoms with E-state index in [9.17, 15) is 9.90 Å². The van der Waals surface area contributed by atoms with Crippen LogP contribution >= 0.6 is 11.3 Å². The number of thiazole rings is 1. The first kappa shape index (κ1) is 14.6. The molecule has 0 spiro atoms. The molecule has 2 aromatic rings. The molecule has 0 aliphatic heterocycles. The van der Waals surface area contributed by atoms with Gasteiger partial charge in [-0.15, -0.1) is 16.4 Å². The van der Waals surface area contributed by atoms with Gasteiger partial charge in [-0.25, -0.2) is 9.67 Å². The lowest BCUT2D eigenvalue weighted by Crippen LogP contribution is -2.26. The molecule has 0 aliphatic rings. The van der Waals surface area contributed by atoms with Crippen molar-refractivity contribution in [2.24, 2.45) is 11.3 Å². The molecule has 1 atom stereocenters. The summed E-state index contributed by atoms with van der Waals surface area (Å²) in [5, 5.41) is 22.6. The van der Waals surface area contributed by atoms with Gasteiger partial charge in [0, 0.05) is 5.38 Å². The van der Waals surface area contributed by atoms with Crippen LogP contribution in [0, 0.1) is 11.3 Å². The maximum absolute atomic E-state index is 11.4. The number of aromatic nitrogens is 5. The topological polar surface area (TPSA) is 93.8 Å². The number of nitrogens with zero attached hydrogens (tertiary/aromatic N) is 5. The number of rotatable bonds is 5. The van der Waals surface area contributed by atoms with Gasteiger partial charge in [-0.1, -0.05) is 20.8 Å². The fourth-order valence-corrected chi connectivity index (χ4v) is 2.54. The van der Waals surface area contributed by atoms with Gasteiger partial charge < -0.3 is 5.11 Å². The highest BCUT2D eigenvalue weighted by atomic mass is 32.1. The Labute approximate surface area is 120 Å². The lowest BCUT2D eigenvalue weighted by Gasteiger charge is -2.23. The summed E-state index contributed by atoms with van der Waals surface area (Å²) < 4.78 is 1.51. The molecule has 8 heteroatoms. The molecule has 0 amide bonds. The Hall–Kier alpha value is -1.83. The van der Waals surface area contributed by atoms with E-state index in [0.717, 1.165) is 0 Å². The van der Waals surface area contributed by atoms with Crippen molar-refractivity contribution in [3.63, 3.8) is 0 Å². The van der Waals surface area contributed by atoms with Crippen molar-refractivity contribution in [2.45, 2.75) is 33.7 Å². The van der Waals surface area contributed by atoms with Gasteiger partial charge in [0.05, 0.1) is 18.0 Å². The van der Waals surface area contributed by atoms with Gasteiger partial charge in [-0.3, -0.25) is 4.79 Å². The Kier molecular flexibility index (Phi) is 4.12. The molecular weight excluding hydrogens is 278 g/mol. The number of aliphatic carboxylic acids is 1. The van der Waals surface area contributed by atoms with Gasteiger partial charge in [0.15, 0.2) is 0 Å². The third-order valence-electron chi connectivity index (χ3n) is 2.79. The summed E-state index contributed by atoms with van der Waals surface area (Å²) >= 11 is 1.45. The molecule has 7 nitrogen and oxygen atoms in total. The lowest BCUT2D eigenvalue weighted by molar-refractivity contribution is -0.143. The van der Waals surface area contributed by atoms with Crippen LogP contribution in [-0.2, 0) is 11.3 Å². The quantitative estimate of drug-likeness (QED) is 0.905. The molecule has 108 valence electrons. The molecule has 1 unspecified atom stereocenters. The molecule has 2 heterocycles.